The fraction of sp³-hybridized carbons (Fsp3) is 0.267. The van der Waals surface area contributed by atoms with Crippen LogP contribution in [0.15, 0.2) is 45.5 Å². The third-order valence-corrected chi connectivity index (χ3v) is 4.77. The zero-order chi connectivity index (χ0) is 14.4. The van der Waals surface area contributed by atoms with E-state index in [-0.39, 0.29) is 5.91 Å². The van der Waals surface area contributed by atoms with E-state index in [0.29, 0.717) is 12.2 Å². The number of aromatic amines is 1. The second-order valence-corrected chi connectivity index (χ2v) is 6.19. The number of aryl methyl sites for hydroxylation is 1. The third kappa shape index (κ3) is 4.49. The van der Waals surface area contributed by atoms with Gasteiger partial charge < -0.3 is 10.3 Å². The topological polar surface area (TPSA) is 44.9 Å². The van der Waals surface area contributed by atoms with Gasteiger partial charge in [0, 0.05) is 6.54 Å². The molecular formula is C15H16Br2N2O. The molecule has 0 aliphatic heterocycles. The maximum Gasteiger partial charge on any atom is 0.267 e. The second-order valence-electron chi connectivity index (χ2n) is 4.54. The predicted molar refractivity (Wildman–Crippen MR) is 87.9 cm³/mol. The van der Waals surface area contributed by atoms with Crippen molar-refractivity contribution < 1.29 is 4.79 Å². The molecule has 1 amide bonds. The highest BCUT2D eigenvalue weighted by atomic mass is 79.9. The van der Waals surface area contributed by atoms with Crippen molar-refractivity contribution >= 4 is 37.8 Å². The van der Waals surface area contributed by atoms with Gasteiger partial charge >= 0.3 is 0 Å². The summed E-state index contributed by atoms with van der Waals surface area (Å²) in [6.07, 6.45) is 3.10. The Hall–Kier alpha value is -1.07. The van der Waals surface area contributed by atoms with Crippen LogP contribution in [-0.2, 0) is 6.42 Å². The van der Waals surface area contributed by atoms with E-state index >= 15 is 0 Å². The first-order chi connectivity index (χ1) is 9.66. The number of benzene rings is 1. The van der Waals surface area contributed by atoms with Crippen molar-refractivity contribution in [1.82, 2.24) is 10.3 Å². The largest absolute Gasteiger partial charge is 0.351 e. The number of nitrogens with one attached hydrogen (secondary N) is 2. The van der Waals surface area contributed by atoms with Crippen LogP contribution in [0.4, 0.5) is 0 Å². The molecule has 0 saturated heterocycles. The number of rotatable bonds is 6. The van der Waals surface area contributed by atoms with Crippen molar-refractivity contribution in [2.75, 3.05) is 6.54 Å². The molecule has 3 nitrogen and oxygen atoms in total. The van der Waals surface area contributed by atoms with Gasteiger partial charge in [-0.15, -0.1) is 0 Å². The first kappa shape index (κ1) is 15.3. The van der Waals surface area contributed by atoms with E-state index in [4.69, 9.17) is 0 Å². The number of aromatic nitrogens is 1. The molecule has 0 spiro atoms. The SMILES string of the molecule is O=C(NCCCCc1ccccc1)c1cc(Br)c(Br)[nH]1. The van der Waals surface area contributed by atoms with Crippen LogP contribution >= 0.6 is 31.9 Å². The summed E-state index contributed by atoms with van der Waals surface area (Å²) in [6, 6.07) is 12.2. The number of H-pyrrole nitrogens is 1. The summed E-state index contributed by atoms with van der Waals surface area (Å²) in [7, 11) is 0. The van der Waals surface area contributed by atoms with Gasteiger partial charge in [-0.1, -0.05) is 30.3 Å². The highest BCUT2D eigenvalue weighted by Gasteiger charge is 2.10. The Morgan fingerprint density at radius 2 is 1.90 bits per heavy atom. The Morgan fingerprint density at radius 3 is 2.55 bits per heavy atom. The minimum Gasteiger partial charge on any atom is -0.351 e. The zero-order valence-corrected chi connectivity index (χ0v) is 14.1. The second kappa shape index (κ2) is 7.64. The average molecular weight is 400 g/mol. The summed E-state index contributed by atoms with van der Waals surface area (Å²) in [6.45, 7) is 0.694. The van der Waals surface area contributed by atoms with Crippen LogP contribution in [0.1, 0.15) is 28.9 Å². The molecule has 1 aromatic carbocycles. The van der Waals surface area contributed by atoms with Crippen LogP contribution in [0, 0.1) is 0 Å². The minimum atomic E-state index is -0.0730. The number of unbranched alkanes of at least 4 members (excludes halogenated alkanes) is 1. The molecule has 1 heterocycles. The molecule has 0 unspecified atom stereocenters. The van der Waals surface area contributed by atoms with Gasteiger partial charge in [0.05, 0.1) is 9.08 Å². The average Bonchev–Trinajstić information content (AvgIpc) is 2.79. The third-order valence-electron chi connectivity index (χ3n) is 2.99. The van der Waals surface area contributed by atoms with Gasteiger partial charge in [0.2, 0.25) is 0 Å². The van der Waals surface area contributed by atoms with E-state index in [1.807, 2.05) is 6.07 Å². The van der Waals surface area contributed by atoms with Gasteiger partial charge in [-0.05, 0) is 62.8 Å². The van der Waals surface area contributed by atoms with E-state index in [1.54, 1.807) is 6.07 Å². The van der Waals surface area contributed by atoms with Crippen LogP contribution in [-0.4, -0.2) is 17.4 Å². The monoisotopic (exact) mass is 398 g/mol. The maximum absolute atomic E-state index is 11.9. The van der Waals surface area contributed by atoms with Crippen molar-refractivity contribution in [2.24, 2.45) is 0 Å². The molecule has 2 aromatic rings. The summed E-state index contributed by atoms with van der Waals surface area (Å²) >= 11 is 6.67. The molecule has 2 rings (SSSR count). The van der Waals surface area contributed by atoms with Gasteiger partial charge in [-0.25, -0.2) is 0 Å². The Morgan fingerprint density at radius 1 is 1.15 bits per heavy atom. The lowest BCUT2D eigenvalue weighted by Gasteiger charge is -2.04. The number of carbonyl (C=O) groups excluding carboxylic acids is 1. The van der Waals surface area contributed by atoms with Crippen molar-refractivity contribution in [3.05, 3.63) is 56.7 Å². The fourth-order valence-electron chi connectivity index (χ4n) is 1.92. The summed E-state index contributed by atoms with van der Waals surface area (Å²) < 4.78 is 1.64. The van der Waals surface area contributed by atoms with E-state index in [2.05, 4.69) is 66.4 Å². The fourth-order valence-corrected chi connectivity index (χ4v) is 2.58. The summed E-state index contributed by atoms with van der Waals surface area (Å²) in [5, 5.41) is 2.91. The number of amides is 1. The summed E-state index contributed by atoms with van der Waals surface area (Å²) in [4.78, 5) is 14.8. The van der Waals surface area contributed by atoms with Crippen molar-refractivity contribution in [2.45, 2.75) is 19.3 Å². The number of halogens is 2. The van der Waals surface area contributed by atoms with Gasteiger partial charge in [-0.2, -0.15) is 0 Å². The molecule has 106 valence electrons. The highest BCUT2D eigenvalue weighted by Crippen LogP contribution is 2.22. The van der Waals surface area contributed by atoms with Crippen LogP contribution in [0.3, 0.4) is 0 Å². The van der Waals surface area contributed by atoms with E-state index in [1.165, 1.54) is 5.56 Å². The van der Waals surface area contributed by atoms with E-state index in [9.17, 15) is 4.79 Å². The first-order valence-electron chi connectivity index (χ1n) is 6.53. The molecule has 0 aliphatic rings. The molecule has 0 bridgehead atoms. The molecular weight excluding hydrogens is 384 g/mol. The lowest BCUT2D eigenvalue weighted by molar-refractivity contribution is 0.0948. The molecule has 2 N–H and O–H groups in total. The Balaban J connectivity index is 1.67. The molecule has 5 heteroatoms. The minimum absolute atomic E-state index is 0.0730. The van der Waals surface area contributed by atoms with E-state index in [0.717, 1.165) is 28.3 Å². The number of carbonyl (C=O) groups is 1. The first-order valence-corrected chi connectivity index (χ1v) is 8.11. The lowest BCUT2D eigenvalue weighted by atomic mass is 10.1. The quantitative estimate of drug-likeness (QED) is 0.699. The van der Waals surface area contributed by atoms with Gasteiger partial charge in [-0.3, -0.25) is 4.79 Å². The standard InChI is InChI=1S/C15H16Br2N2O/c16-12-10-13(19-14(12)17)15(20)18-9-5-4-8-11-6-2-1-3-7-11/h1-3,6-7,10,19H,4-5,8-9H2,(H,18,20). The van der Waals surface area contributed by atoms with Crippen LogP contribution in [0.2, 0.25) is 0 Å². The van der Waals surface area contributed by atoms with Gasteiger partial charge in [0.25, 0.3) is 5.91 Å². The summed E-state index contributed by atoms with van der Waals surface area (Å²) in [5.74, 6) is -0.0730. The van der Waals surface area contributed by atoms with Crippen molar-refractivity contribution in [1.29, 1.82) is 0 Å². The Labute approximate surface area is 135 Å². The number of hydrogen-bond acceptors (Lipinski definition) is 1. The predicted octanol–water partition coefficient (Wildman–Crippen LogP) is 4.29. The molecule has 0 radical (unpaired) electrons. The molecule has 1 aromatic heterocycles. The normalized spacial score (nSPS) is 10.5. The number of hydrogen-bond donors (Lipinski definition) is 2. The molecule has 0 saturated carbocycles. The lowest BCUT2D eigenvalue weighted by Crippen LogP contribution is -2.24. The summed E-state index contributed by atoms with van der Waals surface area (Å²) in [5.41, 5.74) is 1.91. The van der Waals surface area contributed by atoms with Gasteiger partial charge in [0.15, 0.2) is 0 Å². The smallest absolute Gasteiger partial charge is 0.267 e. The van der Waals surface area contributed by atoms with Crippen LogP contribution < -0.4 is 5.32 Å². The highest BCUT2D eigenvalue weighted by molar-refractivity contribution is 9.13. The molecule has 20 heavy (non-hydrogen) atoms. The van der Waals surface area contributed by atoms with Crippen LogP contribution in [0.25, 0.3) is 0 Å². The van der Waals surface area contributed by atoms with Crippen LogP contribution in [0.5, 0.6) is 0 Å². The Bertz CT molecular complexity index is 547. The van der Waals surface area contributed by atoms with Crippen molar-refractivity contribution in [3.63, 3.8) is 0 Å². The van der Waals surface area contributed by atoms with Gasteiger partial charge in [0.1, 0.15) is 5.69 Å². The van der Waals surface area contributed by atoms with E-state index < -0.39 is 0 Å². The maximum atomic E-state index is 11.9. The van der Waals surface area contributed by atoms with Crippen molar-refractivity contribution in [3.8, 4) is 0 Å². The molecule has 0 aliphatic carbocycles. The molecule has 0 fully saturated rings. The Kier molecular flexibility index (Phi) is 5.86. The zero-order valence-electron chi connectivity index (χ0n) is 11.0. The molecule has 0 atom stereocenters.